The maximum Gasteiger partial charge on any atom is 0.124 e. The molecular formula is C15H23NO. The molecule has 1 aromatic rings. The molecule has 2 nitrogen and oxygen atoms in total. The molecule has 1 aromatic carbocycles. The highest BCUT2D eigenvalue weighted by molar-refractivity contribution is 5.54. The minimum Gasteiger partial charge on any atom is -0.490 e. The van der Waals surface area contributed by atoms with Crippen molar-refractivity contribution in [2.45, 2.75) is 52.6 Å². The maximum atomic E-state index is 6.09. The maximum absolute atomic E-state index is 6.09. The number of hydrogen-bond donors (Lipinski definition) is 1. The molecule has 1 fully saturated rings. The van der Waals surface area contributed by atoms with Gasteiger partial charge in [-0.1, -0.05) is 13.0 Å². The van der Waals surface area contributed by atoms with Crippen LogP contribution in [0.5, 0.6) is 5.75 Å². The number of anilines is 1. The number of nitrogens with two attached hydrogens (primary N) is 1. The van der Waals surface area contributed by atoms with Crippen LogP contribution in [0.15, 0.2) is 12.1 Å². The van der Waals surface area contributed by atoms with Crippen molar-refractivity contribution in [1.29, 1.82) is 0 Å². The zero-order valence-corrected chi connectivity index (χ0v) is 11.1. The summed E-state index contributed by atoms with van der Waals surface area (Å²) in [5, 5.41) is 0. The normalized spacial score (nSPS) is 24.6. The van der Waals surface area contributed by atoms with Crippen LogP contribution in [0.4, 0.5) is 5.69 Å². The third-order valence-corrected chi connectivity index (χ3v) is 3.82. The van der Waals surface area contributed by atoms with E-state index in [9.17, 15) is 0 Å². The van der Waals surface area contributed by atoms with Gasteiger partial charge in [-0.05, 0) is 56.6 Å². The molecule has 1 aliphatic rings. The average molecular weight is 233 g/mol. The van der Waals surface area contributed by atoms with Gasteiger partial charge in [0.05, 0.1) is 6.10 Å². The summed E-state index contributed by atoms with van der Waals surface area (Å²) < 4.78 is 6.09. The molecule has 2 N–H and O–H groups in total. The van der Waals surface area contributed by atoms with E-state index in [4.69, 9.17) is 10.5 Å². The minimum atomic E-state index is 0.381. The van der Waals surface area contributed by atoms with Gasteiger partial charge in [-0.25, -0.2) is 0 Å². The van der Waals surface area contributed by atoms with E-state index in [1.165, 1.54) is 31.2 Å². The quantitative estimate of drug-likeness (QED) is 0.788. The molecule has 0 spiro atoms. The van der Waals surface area contributed by atoms with Gasteiger partial charge in [-0.15, -0.1) is 0 Å². The van der Waals surface area contributed by atoms with Gasteiger partial charge in [-0.2, -0.15) is 0 Å². The second-order valence-electron chi connectivity index (χ2n) is 5.47. The van der Waals surface area contributed by atoms with Gasteiger partial charge >= 0.3 is 0 Å². The van der Waals surface area contributed by atoms with Gasteiger partial charge in [-0.3, -0.25) is 0 Å². The van der Waals surface area contributed by atoms with Crippen molar-refractivity contribution < 1.29 is 4.74 Å². The first-order chi connectivity index (χ1) is 8.06. The van der Waals surface area contributed by atoms with E-state index in [1.807, 2.05) is 13.0 Å². The standard InChI is InChI=1S/C15H23NO/c1-10-4-6-13(7-5-10)17-15-9-14(16)11(2)8-12(15)3/h8-10,13H,4-7,16H2,1-3H3. The number of aryl methyl sites for hydroxylation is 2. The summed E-state index contributed by atoms with van der Waals surface area (Å²) in [5.41, 5.74) is 9.09. The number of ether oxygens (including phenoxy) is 1. The monoisotopic (exact) mass is 233 g/mol. The molecule has 0 heterocycles. The molecule has 0 atom stereocenters. The summed E-state index contributed by atoms with van der Waals surface area (Å²) in [7, 11) is 0. The van der Waals surface area contributed by atoms with Crippen molar-refractivity contribution in [3.8, 4) is 5.75 Å². The molecule has 0 amide bonds. The van der Waals surface area contributed by atoms with Crippen LogP contribution in [0, 0.1) is 19.8 Å². The van der Waals surface area contributed by atoms with E-state index in [0.717, 1.165) is 22.9 Å². The van der Waals surface area contributed by atoms with Crippen molar-refractivity contribution in [1.82, 2.24) is 0 Å². The SMILES string of the molecule is Cc1cc(C)c(OC2CCC(C)CC2)cc1N. The van der Waals surface area contributed by atoms with Gasteiger partial charge < -0.3 is 10.5 Å². The molecule has 17 heavy (non-hydrogen) atoms. The first-order valence-corrected chi connectivity index (χ1v) is 6.59. The lowest BCUT2D eigenvalue weighted by molar-refractivity contribution is 0.135. The lowest BCUT2D eigenvalue weighted by Crippen LogP contribution is -2.23. The Morgan fingerprint density at radius 1 is 1.06 bits per heavy atom. The first kappa shape index (κ1) is 12.3. The molecule has 0 saturated heterocycles. The molecule has 94 valence electrons. The van der Waals surface area contributed by atoms with Crippen LogP contribution >= 0.6 is 0 Å². The highest BCUT2D eigenvalue weighted by atomic mass is 16.5. The first-order valence-electron chi connectivity index (χ1n) is 6.59. The summed E-state index contributed by atoms with van der Waals surface area (Å²) in [4.78, 5) is 0. The molecule has 0 unspecified atom stereocenters. The largest absolute Gasteiger partial charge is 0.490 e. The van der Waals surface area contributed by atoms with E-state index in [-0.39, 0.29) is 0 Å². The van der Waals surface area contributed by atoms with Gasteiger partial charge in [0.2, 0.25) is 0 Å². The van der Waals surface area contributed by atoms with E-state index in [0.29, 0.717) is 6.10 Å². The lowest BCUT2D eigenvalue weighted by atomic mass is 9.89. The Balaban J connectivity index is 2.06. The number of rotatable bonds is 2. The second kappa shape index (κ2) is 4.99. The molecule has 0 aromatic heterocycles. The second-order valence-corrected chi connectivity index (χ2v) is 5.47. The van der Waals surface area contributed by atoms with Gasteiger partial charge in [0.15, 0.2) is 0 Å². The van der Waals surface area contributed by atoms with E-state index >= 15 is 0 Å². The fourth-order valence-corrected chi connectivity index (χ4v) is 2.50. The van der Waals surface area contributed by atoms with E-state index in [1.54, 1.807) is 0 Å². The molecule has 2 rings (SSSR count). The Morgan fingerprint density at radius 3 is 2.35 bits per heavy atom. The van der Waals surface area contributed by atoms with Gasteiger partial charge in [0.25, 0.3) is 0 Å². The fraction of sp³-hybridized carbons (Fsp3) is 0.600. The Labute approximate surface area is 104 Å². The van der Waals surface area contributed by atoms with Gasteiger partial charge in [0.1, 0.15) is 5.75 Å². The van der Waals surface area contributed by atoms with Crippen LogP contribution in [0.3, 0.4) is 0 Å². The molecule has 1 saturated carbocycles. The summed E-state index contributed by atoms with van der Waals surface area (Å²) in [6.45, 7) is 6.45. The average Bonchev–Trinajstić information content (AvgIpc) is 2.29. The molecule has 0 radical (unpaired) electrons. The topological polar surface area (TPSA) is 35.2 Å². The van der Waals surface area contributed by atoms with Crippen LogP contribution in [0.25, 0.3) is 0 Å². The summed E-state index contributed by atoms with van der Waals surface area (Å²) in [5.74, 6) is 1.83. The molecule has 2 heteroatoms. The van der Waals surface area contributed by atoms with Gasteiger partial charge in [0, 0.05) is 11.8 Å². The number of benzene rings is 1. The van der Waals surface area contributed by atoms with Crippen molar-refractivity contribution in [2.24, 2.45) is 5.92 Å². The van der Waals surface area contributed by atoms with Crippen LogP contribution in [0.1, 0.15) is 43.7 Å². The van der Waals surface area contributed by atoms with Crippen molar-refractivity contribution in [2.75, 3.05) is 5.73 Å². The van der Waals surface area contributed by atoms with Crippen LogP contribution in [-0.2, 0) is 0 Å². The highest BCUT2D eigenvalue weighted by Gasteiger charge is 2.20. The lowest BCUT2D eigenvalue weighted by Gasteiger charge is -2.27. The highest BCUT2D eigenvalue weighted by Crippen LogP contribution is 2.30. The summed E-state index contributed by atoms with van der Waals surface area (Å²) in [6, 6.07) is 4.08. The smallest absolute Gasteiger partial charge is 0.124 e. The zero-order valence-electron chi connectivity index (χ0n) is 11.1. The van der Waals surface area contributed by atoms with Crippen LogP contribution < -0.4 is 10.5 Å². The van der Waals surface area contributed by atoms with Crippen LogP contribution in [-0.4, -0.2) is 6.10 Å². The summed E-state index contributed by atoms with van der Waals surface area (Å²) in [6.07, 6.45) is 5.30. The predicted octanol–water partition coefficient (Wildman–Crippen LogP) is 3.84. The van der Waals surface area contributed by atoms with E-state index < -0.39 is 0 Å². The van der Waals surface area contributed by atoms with Crippen molar-refractivity contribution in [3.63, 3.8) is 0 Å². The third kappa shape index (κ3) is 2.93. The summed E-state index contributed by atoms with van der Waals surface area (Å²) >= 11 is 0. The number of hydrogen-bond acceptors (Lipinski definition) is 2. The predicted molar refractivity (Wildman–Crippen MR) is 72.4 cm³/mol. The number of nitrogen functional groups attached to an aromatic ring is 1. The third-order valence-electron chi connectivity index (χ3n) is 3.82. The molecule has 0 aliphatic heterocycles. The Morgan fingerprint density at radius 2 is 1.71 bits per heavy atom. The van der Waals surface area contributed by atoms with Crippen molar-refractivity contribution >= 4 is 5.69 Å². The Kier molecular flexibility index (Phi) is 3.60. The van der Waals surface area contributed by atoms with Crippen molar-refractivity contribution in [3.05, 3.63) is 23.3 Å². The Bertz CT molecular complexity index is 392. The molecule has 0 bridgehead atoms. The Hall–Kier alpha value is -1.18. The van der Waals surface area contributed by atoms with E-state index in [2.05, 4.69) is 19.9 Å². The molecule has 1 aliphatic carbocycles. The zero-order chi connectivity index (χ0) is 12.4. The molecular weight excluding hydrogens is 210 g/mol. The minimum absolute atomic E-state index is 0.381. The van der Waals surface area contributed by atoms with Crippen LogP contribution in [0.2, 0.25) is 0 Å². The fourth-order valence-electron chi connectivity index (χ4n) is 2.50.